The molecule has 0 bridgehead atoms. The maximum absolute atomic E-state index is 11.0. The van der Waals surface area contributed by atoms with Crippen LogP contribution in [0.25, 0.3) is 0 Å². The molecule has 0 aliphatic rings. The van der Waals surface area contributed by atoms with E-state index in [2.05, 4.69) is 0 Å². The Kier molecular flexibility index (Phi) is 7.28. The monoisotopic (exact) mass is 220 g/mol. The van der Waals surface area contributed by atoms with Crippen molar-refractivity contribution in [2.45, 2.75) is 39.9 Å². The Morgan fingerprint density at radius 2 is 1.93 bits per heavy atom. The predicted octanol–water partition coefficient (Wildman–Crippen LogP) is 2.57. The molecule has 0 saturated heterocycles. The number of carbonyl (C=O) groups is 2. The first-order valence-corrected chi connectivity index (χ1v) is 5.61. The van der Waals surface area contributed by atoms with E-state index in [1.807, 2.05) is 13.8 Å². The lowest BCUT2D eigenvalue weighted by atomic mass is 10.3. The number of carbonyl (C=O) groups excluding carboxylic acids is 2. The van der Waals surface area contributed by atoms with Crippen LogP contribution in [0.3, 0.4) is 0 Å². The molecule has 0 saturated carbocycles. The van der Waals surface area contributed by atoms with Crippen molar-refractivity contribution in [3.05, 3.63) is 0 Å². The van der Waals surface area contributed by atoms with E-state index in [0.717, 1.165) is 18.2 Å². The van der Waals surface area contributed by atoms with Crippen LogP contribution in [0.2, 0.25) is 0 Å². The van der Waals surface area contributed by atoms with E-state index in [4.69, 9.17) is 9.47 Å². The first-order valence-electron chi connectivity index (χ1n) is 4.63. The van der Waals surface area contributed by atoms with E-state index >= 15 is 0 Å². The van der Waals surface area contributed by atoms with Gasteiger partial charge in [-0.05, 0) is 18.2 Å². The van der Waals surface area contributed by atoms with Crippen LogP contribution in [0.15, 0.2) is 0 Å². The van der Waals surface area contributed by atoms with Gasteiger partial charge in [0.15, 0.2) is 0 Å². The van der Waals surface area contributed by atoms with Gasteiger partial charge >= 0.3 is 11.3 Å². The molecule has 0 radical (unpaired) electrons. The van der Waals surface area contributed by atoms with Crippen molar-refractivity contribution in [3.8, 4) is 0 Å². The summed E-state index contributed by atoms with van der Waals surface area (Å²) < 4.78 is 9.60. The number of hydrogen-bond donors (Lipinski definition) is 0. The molecular weight excluding hydrogens is 204 g/mol. The normalized spacial score (nSPS) is 11.9. The molecule has 4 nitrogen and oxygen atoms in total. The van der Waals surface area contributed by atoms with Crippen LogP contribution in [-0.4, -0.2) is 23.3 Å². The summed E-state index contributed by atoms with van der Waals surface area (Å²) in [5.74, 6) is 0.309. The van der Waals surface area contributed by atoms with Crippen LogP contribution in [0, 0.1) is 0 Å². The zero-order valence-electron chi connectivity index (χ0n) is 8.74. The molecule has 5 heteroatoms. The minimum absolute atomic E-state index is 0.339. The van der Waals surface area contributed by atoms with Crippen molar-refractivity contribution >= 4 is 23.0 Å². The van der Waals surface area contributed by atoms with Crippen LogP contribution < -0.4 is 0 Å². The molecule has 0 heterocycles. The quantitative estimate of drug-likeness (QED) is 0.526. The van der Waals surface area contributed by atoms with Gasteiger partial charge in [0.1, 0.15) is 0 Å². The third-order valence-corrected chi connectivity index (χ3v) is 1.90. The summed E-state index contributed by atoms with van der Waals surface area (Å²) >= 11 is 1.05. The van der Waals surface area contributed by atoms with Crippen molar-refractivity contribution in [2.75, 3.05) is 5.75 Å². The zero-order chi connectivity index (χ0) is 11.0. The molecule has 0 aromatic carbocycles. The summed E-state index contributed by atoms with van der Waals surface area (Å²) in [6.07, 6.45) is 0.284. The highest BCUT2D eigenvalue weighted by molar-refractivity contribution is 8.13. The van der Waals surface area contributed by atoms with Crippen LogP contribution in [0.5, 0.6) is 0 Å². The third kappa shape index (κ3) is 6.77. The summed E-state index contributed by atoms with van der Waals surface area (Å²) in [7, 11) is 0. The second kappa shape index (κ2) is 7.67. The lowest BCUT2D eigenvalue weighted by Crippen LogP contribution is -2.19. The molecule has 0 aliphatic carbocycles. The van der Waals surface area contributed by atoms with E-state index in [0.29, 0.717) is 12.2 Å². The molecule has 0 rings (SSSR count). The minimum atomic E-state index is -0.791. The highest BCUT2D eigenvalue weighted by Gasteiger charge is 2.12. The van der Waals surface area contributed by atoms with Gasteiger partial charge in [-0.1, -0.05) is 13.8 Å². The Balaban J connectivity index is 3.68. The lowest BCUT2D eigenvalue weighted by Gasteiger charge is -2.12. The fourth-order valence-corrected chi connectivity index (χ4v) is 1.20. The second-order valence-corrected chi connectivity index (χ2v) is 3.81. The maximum Gasteiger partial charge on any atom is 0.370 e. The predicted molar refractivity (Wildman–Crippen MR) is 55.1 cm³/mol. The van der Waals surface area contributed by atoms with Gasteiger partial charge in [-0.2, -0.15) is 0 Å². The Hall–Kier alpha value is -0.710. The van der Waals surface area contributed by atoms with Crippen molar-refractivity contribution in [1.82, 2.24) is 0 Å². The SMILES string of the molecule is CCCC(=O)OC(C)OC(=O)SCC. The molecule has 1 unspecified atom stereocenters. The van der Waals surface area contributed by atoms with Gasteiger partial charge in [0.05, 0.1) is 0 Å². The molecule has 1 atom stereocenters. The van der Waals surface area contributed by atoms with Crippen LogP contribution in [0.1, 0.15) is 33.6 Å². The molecule has 0 aromatic rings. The smallest absolute Gasteiger partial charge is 0.370 e. The molecule has 0 aliphatic heterocycles. The average molecular weight is 220 g/mol. The van der Waals surface area contributed by atoms with Gasteiger partial charge in [-0.15, -0.1) is 0 Å². The van der Waals surface area contributed by atoms with Gasteiger partial charge in [0.2, 0.25) is 6.29 Å². The number of thioether (sulfide) groups is 1. The standard InChI is InChI=1S/C9H16O4S/c1-4-6-8(10)12-7(3)13-9(11)14-5-2/h7H,4-6H2,1-3H3. The summed E-state index contributed by atoms with van der Waals surface area (Å²) in [6.45, 7) is 5.26. The van der Waals surface area contributed by atoms with E-state index in [9.17, 15) is 9.59 Å². The van der Waals surface area contributed by atoms with Crippen molar-refractivity contribution in [1.29, 1.82) is 0 Å². The number of rotatable bonds is 5. The summed E-state index contributed by atoms with van der Waals surface area (Å²) in [4.78, 5) is 21.9. The zero-order valence-corrected chi connectivity index (χ0v) is 9.56. The summed E-state index contributed by atoms with van der Waals surface area (Å²) in [6, 6.07) is 0. The number of ether oxygens (including phenoxy) is 2. The summed E-state index contributed by atoms with van der Waals surface area (Å²) in [5, 5.41) is -0.413. The Morgan fingerprint density at radius 1 is 1.29 bits per heavy atom. The fourth-order valence-electron chi connectivity index (χ4n) is 0.760. The van der Waals surface area contributed by atoms with Crippen LogP contribution in [-0.2, 0) is 14.3 Å². The van der Waals surface area contributed by atoms with E-state index in [1.165, 1.54) is 6.92 Å². The van der Waals surface area contributed by atoms with Gasteiger partial charge in [-0.3, -0.25) is 4.79 Å². The van der Waals surface area contributed by atoms with Gasteiger partial charge in [0, 0.05) is 19.1 Å². The van der Waals surface area contributed by atoms with E-state index in [-0.39, 0.29) is 5.97 Å². The van der Waals surface area contributed by atoms with Crippen LogP contribution >= 0.6 is 11.8 Å². The third-order valence-electron chi connectivity index (χ3n) is 1.28. The highest BCUT2D eigenvalue weighted by atomic mass is 32.2. The number of esters is 1. The largest absolute Gasteiger partial charge is 0.425 e. The molecule has 0 amide bonds. The van der Waals surface area contributed by atoms with Gasteiger partial charge in [0.25, 0.3) is 0 Å². The Bertz CT molecular complexity index is 173. The van der Waals surface area contributed by atoms with Crippen molar-refractivity contribution in [3.63, 3.8) is 0 Å². The highest BCUT2D eigenvalue weighted by Crippen LogP contribution is 2.08. The van der Waals surface area contributed by atoms with Crippen molar-refractivity contribution in [2.24, 2.45) is 0 Å². The topological polar surface area (TPSA) is 52.6 Å². The van der Waals surface area contributed by atoms with Gasteiger partial charge in [-0.25, -0.2) is 4.79 Å². The molecular formula is C9H16O4S. The first kappa shape index (κ1) is 13.3. The molecule has 0 N–H and O–H groups in total. The maximum atomic E-state index is 11.0. The fraction of sp³-hybridized carbons (Fsp3) is 0.778. The summed E-state index contributed by atoms with van der Waals surface area (Å²) in [5.41, 5.74) is 0. The van der Waals surface area contributed by atoms with E-state index in [1.54, 1.807) is 0 Å². The average Bonchev–Trinajstić information content (AvgIpc) is 2.03. The Morgan fingerprint density at radius 3 is 2.43 bits per heavy atom. The van der Waals surface area contributed by atoms with Crippen LogP contribution in [0.4, 0.5) is 4.79 Å². The molecule has 82 valence electrons. The molecule has 0 fully saturated rings. The van der Waals surface area contributed by atoms with Crippen molar-refractivity contribution < 1.29 is 19.1 Å². The minimum Gasteiger partial charge on any atom is -0.425 e. The second-order valence-electron chi connectivity index (χ2n) is 2.61. The van der Waals surface area contributed by atoms with E-state index < -0.39 is 11.6 Å². The molecule has 0 aromatic heterocycles. The number of hydrogen-bond acceptors (Lipinski definition) is 5. The lowest BCUT2D eigenvalue weighted by molar-refractivity contribution is -0.163. The molecule has 14 heavy (non-hydrogen) atoms. The Labute approximate surface area is 88.3 Å². The van der Waals surface area contributed by atoms with Gasteiger partial charge < -0.3 is 9.47 Å². The molecule has 0 spiro atoms. The first-order chi connectivity index (χ1) is 6.60.